The second-order valence-corrected chi connectivity index (χ2v) is 10.5. The summed E-state index contributed by atoms with van der Waals surface area (Å²) in [4.78, 5) is 0. The van der Waals surface area contributed by atoms with Crippen LogP contribution in [-0.2, 0) is 0 Å². The molecule has 0 spiro atoms. The van der Waals surface area contributed by atoms with Crippen LogP contribution in [-0.4, -0.2) is 0 Å². The van der Waals surface area contributed by atoms with Gasteiger partial charge in [0.15, 0.2) is 0 Å². The molecule has 0 radical (unpaired) electrons. The van der Waals surface area contributed by atoms with Crippen LogP contribution in [0.15, 0.2) is 119 Å². The van der Waals surface area contributed by atoms with Crippen LogP contribution in [0.25, 0.3) is 17.7 Å². The summed E-state index contributed by atoms with van der Waals surface area (Å²) in [6, 6.07) is 6.83. The summed E-state index contributed by atoms with van der Waals surface area (Å²) in [6.07, 6.45) is 44.2. The first-order valence-corrected chi connectivity index (χ1v) is 13.8. The first-order valence-electron chi connectivity index (χ1n) is 13.8. The summed E-state index contributed by atoms with van der Waals surface area (Å²) in [6.45, 7) is 0. The van der Waals surface area contributed by atoms with E-state index in [9.17, 15) is 0 Å². The lowest BCUT2D eigenvalue weighted by molar-refractivity contribution is 0.688. The molecule has 180 valence electrons. The summed E-state index contributed by atoms with van der Waals surface area (Å²) >= 11 is 0. The Kier molecular flexibility index (Phi) is 6.85. The summed E-state index contributed by atoms with van der Waals surface area (Å²) in [7, 11) is 0. The van der Waals surface area contributed by atoms with Gasteiger partial charge in [-0.1, -0.05) is 109 Å². The molecule has 0 fully saturated rings. The fourth-order valence-electron chi connectivity index (χ4n) is 6.46. The third-order valence-electron chi connectivity index (χ3n) is 8.21. The van der Waals surface area contributed by atoms with Crippen LogP contribution in [0.2, 0.25) is 0 Å². The maximum absolute atomic E-state index is 2.47. The van der Waals surface area contributed by atoms with Crippen molar-refractivity contribution in [3.63, 3.8) is 0 Å². The molecule has 0 bridgehead atoms. The van der Waals surface area contributed by atoms with Crippen LogP contribution in [0.4, 0.5) is 0 Å². The van der Waals surface area contributed by atoms with E-state index >= 15 is 0 Å². The minimum Gasteiger partial charge on any atom is -0.0842 e. The highest BCUT2D eigenvalue weighted by Gasteiger charge is 2.27. The van der Waals surface area contributed by atoms with E-state index in [-0.39, 0.29) is 0 Å². The summed E-state index contributed by atoms with van der Waals surface area (Å²) in [5, 5.41) is 2.85. The van der Waals surface area contributed by atoms with Gasteiger partial charge >= 0.3 is 0 Å². The predicted octanol–water partition coefficient (Wildman–Crippen LogP) is 7.98. The first-order chi connectivity index (χ1) is 17.9. The van der Waals surface area contributed by atoms with Crippen LogP contribution in [0.3, 0.4) is 0 Å². The molecule has 0 N–H and O–H groups in total. The minimum absolute atomic E-state index is 0.449. The average Bonchev–Trinajstić information content (AvgIpc) is 2.97. The second-order valence-electron chi connectivity index (χ2n) is 10.5. The van der Waals surface area contributed by atoms with Gasteiger partial charge in [0.05, 0.1) is 0 Å². The number of rotatable bonds is 5. The molecule has 5 aliphatic carbocycles. The summed E-state index contributed by atoms with van der Waals surface area (Å²) < 4.78 is 0. The molecular weight excluding hydrogens is 432 g/mol. The zero-order valence-electron chi connectivity index (χ0n) is 21.2. The fraction of sp³-hybridized carbons (Fsp3) is 0.278. The molecular formula is C36H36. The van der Waals surface area contributed by atoms with Crippen molar-refractivity contribution in [1.82, 2.24) is 0 Å². The monoisotopic (exact) mass is 468 g/mol. The number of benzene rings is 1. The molecule has 0 heteroatoms. The van der Waals surface area contributed by atoms with E-state index < -0.39 is 0 Å². The fourth-order valence-corrected chi connectivity index (χ4v) is 6.46. The lowest BCUT2D eigenvalue weighted by Crippen LogP contribution is -2.30. The van der Waals surface area contributed by atoms with Crippen LogP contribution >= 0.6 is 0 Å². The molecule has 0 saturated heterocycles. The van der Waals surface area contributed by atoms with Crippen molar-refractivity contribution in [2.75, 3.05) is 0 Å². The number of hydrogen-bond donors (Lipinski definition) is 0. The van der Waals surface area contributed by atoms with Crippen molar-refractivity contribution in [3.8, 4) is 0 Å². The van der Waals surface area contributed by atoms with E-state index in [1.54, 1.807) is 16.7 Å². The number of fused-ring (bicyclic) bond motifs is 1. The van der Waals surface area contributed by atoms with Crippen molar-refractivity contribution in [1.29, 1.82) is 0 Å². The minimum atomic E-state index is 0.449. The summed E-state index contributed by atoms with van der Waals surface area (Å²) in [5.74, 6) is 0.907. The van der Waals surface area contributed by atoms with Gasteiger partial charge in [-0.3, -0.25) is 0 Å². The normalized spacial score (nSPS) is 25.2. The molecule has 0 amide bonds. The van der Waals surface area contributed by atoms with Crippen molar-refractivity contribution in [2.45, 2.75) is 51.4 Å². The van der Waals surface area contributed by atoms with Gasteiger partial charge in [-0.15, -0.1) is 0 Å². The van der Waals surface area contributed by atoms with Crippen molar-refractivity contribution in [3.05, 3.63) is 135 Å². The van der Waals surface area contributed by atoms with Gasteiger partial charge in [-0.25, -0.2) is 0 Å². The van der Waals surface area contributed by atoms with Gasteiger partial charge in [0.25, 0.3) is 0 Å². The van der Waals surface area contributed by atoms with Crippen LogP contribution < -0.4 is 10.4 Å². The highest BCUT2D eigenvalue weighted by Crippen LogP contribution is 2.43. The Morgan fingerprint density at radius 3 is 2.00 bits per heavy atom. The molecule has 0 aromatic heterocycles. The molecule has 1 aromatic carbocycles. The number of hydrogen-bond acceptors (Lipinski definition) is 0. The molecule has 0 nitrogen and oxygen atoms in total. The van der Waals surface area contributed by atoms with Gasteiger partial charge in [0.1, 0.15) is 0 Å². The van der Waals surface area contributed by atoms with Crippen LogP contribution in [0, 0.1) is 11.8 Å². The van der Waals surface area contributed by atoms with Gasteiger partial charge in [0.2, 0.25) is 0 Å². The van der Waals surface area contributed by atoms with E-state index in [1.165, 1.54) is 27.1 Å². The van der Waals surface area contributed by atoms with Crippen LogP contribution in [0.1, 0.15) is 56.9 Å². The Morgan fingerprint density at radius 2 is 1.36 bits per heavy atom. The van der Waals surface area contributed by atoms with Crippen molar-refractivity contribution < 1.29 is 0 Å². The van der Waals surface area contributed by atoms with Gasteiger partial charge in [0, 0.05) is 11.8 Å². The van der Waals surface area contributed by atoms with E-state index in [4.69, 9.17) is 0 Å². The van der Waals surface area contributed by atoms with Gasteiger partial charge < -0.3 is 0 Å². The first kappa shape index (κ1) is 23.0. The van der Waals surface area contributed by atoms with Crippen LogP contribution in [0.5, 0.6) is 0 Å². The molecule has 0 heterocycles. The summed E-state index contributed by atoms with van der Waals surface area (Å²) in [5.41, 5.74) is 9.18. The van der Waals surface area contributed by atoms with Gasteiger partial charge in [-0.05, 0) is 95.2 Å². The maximum Gasteiger partial charge on any atom is 0.00614 e. The SMILES string of the molecule is C1=CCCC(C(=C(C2=CC=C(c3cccc4c3=CCCC=4)CC2)C2C=CC=CC2)C2C=CC=CC2)=C1. The maximum atomic E-state index is 2.47. The molecule has 0 saturated carbocycles. The lowest BCUT2D eigenvalue weighted by Gasteiger charge is -2.32. The Hall–Kier alpha value is -3.38. The third kappa shape index (κ3) is 4.70. The van der Waals surface area contributed by atoms with E-state index in [1.807, 2.05) is 0 Å². The molecule has 6 rings (SSSR count). The molecule has 5 aliphatic rings. The molecule has 2 atom stereocenters. The zero-order valence-corrected chi connectivity index (χ0v) is 21.2. The Labute approximate surface area is 216 Å². The molecule has 36 heavy (non-hydrogen) atoms. The Morgan fingerprint density at radius 1 is 0.611 bits per heavy atom. The third-order valence-corrected chi connectivity index (χ3v) is 8.21. The Bertz CT molecular complexity index is 1420. The molecule has 0 aliphatic heterocycles. The van der Waals surface area contributed by atoms with Crippen molar-refractivity contribution >= 4 is 17.7 Å². The van der Waals surface area contributed by atoms with Gasteiger partial charge in [-0.2, -0.15) is 0 Å². The highest BCUT2D eigenvalue weighted by atomic mass is 14.3. The Balaban J connectivity index is 1.48. The zero-order chi connectivity index (χ0) is 24.2. The lowest BCUT2D eigenvalue weighted by atomic mass is 9.73. The van der Waals surface area contributed by atoms with Crippen molar-refractivity contribution in [2.24, 2.45) is 11.8 Å². The average molecular weight is 469 g/mol. The molecule has 1 aromatic rings. The largest absolute Gasteiger partial charge is 0.0842 e. The highest BCUT2D eigenvalue weighted by molar-refractivity contribution is 5.72. The van der Waals surface area contributed by atoms with E-state index in [0.29, 0.717) is 11.8 Å². The topological polar surface area (TPSA) is 0 Å². The number of allylic oxidation sites excluding steroid dienone is 18. The smallest absolute Gasteiger partial charge is 0.00614 e. The predicted molar refractivity (Wildman–Crippen MR) is 155 cm³/mol. The van der Waals surface area contributed by atoms with E-state index in [0.717, 1.165) is 51.4 Å². The van der Waals surface area contributed by atoms with E-state index in [2.05, 4.69) is 109 Å². The second kappa shape index (κ2) is 10.7. The quantitative estimate of drug-likeness (QED) is 0.411. The standard InChI is InChI=1S/C36H36/c1-4-14-29(15-5-1)35(30-16-6-2-7-17-30)36(31-18-8-3-9-19-31)32-25-23-28(24-26-32)34-22-12-20-27-13-10-11-21-33(27)34/h1-6,8-9,12-14,16,18,20-23,25,29,31H,7,10-11,15,17,19,24,26H2. The molecule has 2 unspecified atom stereocenters.